The number of benzene rings is 3. The fourth-order valence-electron chi connectivity index (χ4n) is 4.93. The average Bonchev–Trinajstić information content (AvgIpc) is 3.39. The van der Waals surface area contributed by atoms with Gasteiger partial charge in [-0.05, 0) is 42.5 Å². The van der Waals surface area contributed by atoms with Gasteiger partial charge in [-0.15, -0.1) is 0 Å². The molecule has 1 saturated heterocycles. The second kappa shape index (κ2) is 9.26. The van der Waals surface area contributed by atoms with Crippen LogP contribution in [0.3, 0.4) is 0 Å². The summed E-state index contributed by atoms with van der Waals surface area (Å²) in [4.78, 5) is 36.8. The normalized spacial score (nSPS) is 15.2. The maximum absolute atomic E-state index is 13.1. The minimum atomic E-state index is -0.184. The number of hydrogen-bond acceptors (Lipinski definition) is 5. The topological polar surface area (TPSA) is 86.7 Å². The first-order valence-electron chi connectivity index (χ1n) is 12.2. The van der Waals surface area contributed by atoms with Crippen molar-refractivity contribution in [1.82, 2.24) is 4.98 Å². The smallest absolute Gasteiger partial charge is 0.259 e. The highest BCUT2D eigenvalue weighted by Crippen LogP contribution is 2.31. The molecule has 4 aromatic rings. The lowest BCUT2D eigenvalue weighted by atomic mass is 9.96. The molecule has 3 aromatic carbocycles. The first kappa shape index (κ1) is 22.0. The Labute approximate surface area is 208 Å². The number of anilines is 3. The number of hydrogen-bond donors (Lipinski definition) is 2. The molecule has 0 spiro atoms. The highest BCUT2D eigenvalue weighted by atomic mass is 16.2. The molecule has 2 aliphatic rings. The van der Waals surface area contributed by atoms with Gasteiger partial charge in [0.2, 0.25) is 5.91 Å². The van der Waals surface area contributed by atoms with E-state index in [1.165, 1.54) is 0 Å². The van der Waals surface area contributed by atoms with E-state index in [9.17, 15) is 9.59 Å². The van der Waals surface area contributed by atoms with Gasteiger partial charge in [0.15, 0.2) is 0 Å². The van der Waals surface area contributed by atoms with Crippen LogP contribution in [0, 0.1) is 0 Å². The molecule has 2 aliphatic heterocycles. The van der Waals surface area contributed by atoms with Gasteiger partial charge in [-0.3, -0.25) is 14.6 Å². The molecular formula is C29H25N5O2. The Morgan fingerprint density at radius 3 is 2.56 bits per heavy atom. The molecule has 0 atom stereocenters. The second-order valence-electron chi connectivity index (χ2n) is 9.02. The number of aliphatic imine (C=N–C) groups is 1. The maximum atomic E-state index is 13.1. The summed E-state index contributed by atoms with van der Waals surface area (Å²) >= 11 is 0. The first-order chi connectivity index (χ1) is 17.7. The Morgan fingerprint density at radius 1 is 0.917 bits per heavy atom. The number of rotatable bonds is 4. The van der Waals surface area contributed by atoms with Gasteiger partial charge in [-0.2, -0.15) is 0 Å². The van der Waals surface area contributed by atoms with E-state index >= 15 is 0 Å². The molecule has 0 radical (unpaired) electrons. The molecule has 36 heavy (non-hydrogen) atoms. The average molecular weight is 476 g/mol. The lowest BCUT2D eigenvalue weighted by molar-refractivity contribution is -0.114. The molecule has 0 bridgehead atoms. The summed E-state index contributed by atoms with van der Waals surface area (Å²) in [7, 11) is 0. The molecule has 1 fully saturated rings. The predicted molar refractivity (Wildman–Crippen MR) is 143 cm³/mol. The van der Waals surface area contributed by atoms with Gasteiger partial charge in [0.05, 0.1) is 17.0 Å². The van der Waals surface area contributed by atoms with Crippen LogP contribution in [0.4, 0.5) is 17.2 Å². The predicted octanol–water partition coefficient (Wildman–Crippen LogP) is 4.88. The molecule has 178 valence electrons. The van der Waals surface area contributed by atoms with Gasteiger partial charge in [-0.25, -0.2) is 4.98 Å². The highest BCUT2D eigenvalue weighted by molar-refractivity contribution is 6.23. The second-order valence-corrected chi connectivity index (χ2v) is 9.02. The Bertz CT molecular complexity index is 1500. The van der Waals surface area contributed by atoms with Crippen molar-refractivity contribution >= 4 is 45.5 Å². The first-order valence-corrected chi connectivity index (χ1v) is 12.2. The summed E-state index contributed by atoms with van der Waals surface area (Å²) in [6.45, 7) is 1.89. The fourth-order valence-corrected chi connectivity index (χ4v) is 4.93. The Morgan fingerprint density at radius 2 is 1.72 bits per heavy atom. The van der Waals surface area contributed by atoms with Crippen LogP contribution in [-0.4, -0.2) is 42.1 Å². The molecule has 6 rings (SSSR count). The zero-order chi connectivity index (χ0) is 24.5. The zero-order valence-corrected chi connectivity index (χ0v) is 19.7. The molecule has 0 aliphatic carbocycles. The van der Waals surface area contributed by atoms with E-state index in [0.29, 0.717) is 11.3 Å². The van der Waals surface area contributed by atoms with E-state index in [4.69, 9.17) is 0 Å². The Balaban J connectivity index is 1.28. The Hall–Kier alpha value is -4.52. The number of nitrogens with zero attached hydrogens (tertiary/aromatic N) is 3. The number of amides is 2. The van der Waals surface area contributed by atoms with Gasteiger partial charge in [-0.1, -0.05) is 48.5 Å². The number of carbonyl (C=O) groups is 2. The SMILES string of the molecule is O=C1CN=C(c2ccc(NC(=O)c3cccnc3N3CCCC3)cc2)c2ccc3ccccc3c2N1. The van der Waals surface area contributed by atoms with E-state index in [2.05, 4.69) is 25.5 Å². The van der Waals surface area contributed by atoms with Gasteiger partial charge >= 0.3 is 0 Å². The monoisotopic (exact) mass is 475 g/mol. The number of nitrogens with one attached hydrogen (secondary N) is 2. The minimum Gasteiger partial charge on any atom is -0.356 e. The van der Waals surface area contributed by atoms with Crippen molar-refractivity contribution in [1.29, 1.82) is 0 Å². The molecular weight excluding hydrogens is 450 g/mol. The van der Waals surface area contributed by atoms with Crippen LogP contribution in [0.1, 0.15) is 34.3 Å². The summed E-state index contributed by atoms with van der Waals surface area (Å²) in [6, 6.07) is 23.2. The van der Waals surface area contributed by atoms with Crippen molar-refractivity contribution in [2.24, 2.45) is 4.99 Å². The molecule has 7 nitrogen and oxygen atoms in total. The van der Waals surface area contributed by atoms with E-state index in [1.807, 2.05) is 66.7 Å². The largest absolute Gasteiger partial charge is 0.356 e. The number of pyridine rings is 1. The molecule has 7 heteroatoms. The number of carbonyl (C=O) groups excluding carboxylic acids is 2. The maximum Gasteiger partial charge on any atom is 0.259 e. The van der Waals surface area contributed by atoms with E-state index in [1.54, 1.807) is 12.3 Å². The van der Waals surface area contributed by atoms with Crippen molar-refractivity contribution in [2.75, 3.05) is 35.2 Å². The number of aromatic nitrogens is 1. The van der Waals surface area contributed by atoms with Crippen LogP contribution in [0.15, 0.2) is 84.0 Å². The number of fused-ring (bicyclic) bond motifs is 3. The summed E-state index contributed by atoms with van der Waals surface area (Å²) in [6.07, 6.45) is 3.96. The highest BCUT2D eigenvalue weighted by Gasteiger charge is 2.22. The summed E-state index contributed by atoms with van der Waals surface area (Å²) in [5.74, 6) is 0.408. The lowest BCUT2D eigenvalue weighted by Crippen LogP contribution is -2.24. The molecule has 0 saturated carbocycles. The molecule has 0 unspecified atom stereocenters. The van der Waals surface area contributed by atoms with Crippen molar-refractivity contribution < 1.29 is 9.59 Å². The van der Waals surface area contributed by atoms with Gasteiger partial charge in [0.1, 0.15) is 12.4 Å². The van der Waals surface area contributed by atoms with Crippen LogP contribution < -0.4 is 15.5 Å². The summed E-state index contributed by atoms with van der Waals surface area (Å²) in [5, 5.41) is 8.07. The van der Waals surface area contributed by atoms with Gasteiger partial charge in [0, 0.05) is 41.5 Å². The lowest BCUT2D eigenvalue weighted by Gasteiger charge is -2.19. The van der Waals surface area contributed by atoms with Gasteiger partial charge in [0.25, 0.3) is 5.91 Å². The van der Waals surface area contributed by atoms with Crippen molar-refractivity contribution in [3.05, 3.63) is 95.7 Å². The standard InChI is InChI=1S/C29H25N5O2/c35-25-18-31-26(23-14-11-19-6-1-2-7-22(19)27(23)33-25)20-9-12-21(13-10-20)32-29(36)24-8-5-15-30-28(24)34-16-3-4-17-34/h1-2,5-15H,3-4,16-18H2,(H,32,36)(H,33,35). The summed E-state index contributed by atoms with van der Waals surface area (Å²) in [5.41, 5.74) is 4.53. The van der Waals surface area contributed by atoms with E-state index < -0.39 is 0 Å². The minimum absolute atomic E-state index is 0.0527. The van der Waals surface area contributed by atoms with Crippen molar-refractivity contribution in [2.45, 2.75) is 12.8 Å². The van der Waals surface area contributed by atoms with Crippen LogP contribution in [0.5, 0.6) is 0 Å². The third-order valence-electron chi connectivity index (χ3n) is 6.68. The van der Waals surface area contributed by atoms with Crippen LogP contribution in [-0.2, 0) is 4.79 Å². The molecule has 2 amide bonds. The summed E-state index contributed by atoms with van der Waals surface area (Å²) < 4.78 is 0. The molecule has 1 aromatic heterocycles. The van der Waals surface area contributed by atoms with Crippen molar-refractivity contribution in [3.63, 3.8) is 0 Å². The third-order valence-corrected chi connectivity index (χ3v) is 6.68. The van der Waals surface area contributed by atoms with E-state index in [0.717, 1.165) is 65.0 Å². The Kier molecular flexibility index (Phi) is 5.65. The van der Waals surface area contributed by atoms with Crippen LogP contribution in [0.2, 0.25) is 0 Å². The molecule has 2 N–H and O–H groups in total. The van der Waals surface area contributed by atoms with Gasteiger partial charge < -0.3 is 15.5 Å². The van der Waals surface area contributed by atoms with Crippen LogP contribution >= 0.6 is 0 Å². The zero-order valence-electron chi connectivity index (χ0n) is 19.7. The van der Waals surface area contributed by atoms with E-state index in [-0.39, 0.29) is 18.4 Å². The third kappa shape index (κ3) is 4.09. The fraction of sp³-hybridized carbons (Fsp3) is 0.172. The quantitative estimate of drug-likeness (QED) is 0.441. The molecule has 3 heterocycles. The van der Waals surface area contributed by atoms with Crippen LogP contribution in [0.25, 0.3) is 10.8 Å². The van der Waals surface area contributed by atoms with Crippen molar-refractivity contribution in [3.8, 4) is 0 Å².